The molecule has 0 aliphatic heterocycles. The van der Waals surface area contributed by atoms with Crippen LogP contribution in [0.25, 0.3) is 6.08 Å². The molecule has 0 aromatic heterocycles. The molecule has 0 nitrogen and oxygen atoms in total. The Bertz CT molecular complexity index is 849. The summed E-state index contributed by atoms with van der Waals surface area (Å²) in [6.07, 6.45) is 8.17. The highest BCUT2D eigenvalue weighted by Gasteiger charge is 2.08. The Hall–Kier alpha value is -2.60. The van der Waals surface area contributed by atoms with Crippen LogP contribution >= 0.6 is 0 Å². The van der Waals surface area contributed by atoms with Gasteiger partial charge in [-0.25, -0.2) is 0 Å². The lowest BCUT2D eigenvalue weighted by Crippen LogP contribution is -1.98. The molecule has 29 heavy (non-hydrogen) atoms. The van der Waals surface area contributed by atoms with Crippen molar-refractivity contribution in [1.82, 2.24) is 0 Å². The van der Waals surface area contributed by atoms with Crippen LogP contribution in [-0.4, -0.2) is 0 Å². The smallest absolute Gasteiger partial charge is 0.0193 e. The zero-order valence-corrected chi connectivity index (χ0v) is 18.8. The molecule has 0 N–H and O–H groups in total. The molecule has 3 aromatic carbocycles. The monoisotopic (exact) mass is 384 g/mol. The van der Waals surface area contributed by atoms with Crippen molar-refractivity contribution in [3.63, 3.8) is 0 Å². The van der Waals surface area contributed by atoms with Gasteiger partial charge in [0.05, 0.1) is 0 Å². The molecule has 0 radical (unpaired) electrons. The Labute approximate surface area is 178 Å². The van der Waals surface area contributed by atoms with Crippen molar-refractivity contribution in [3.8, 4) is 0 Å². The summed E-state index contributed by atoms with van der Waals surface area (Å²) in [5.41, 5.74) is 8.43. The van der Waals surface area contributed by atoms with Gasteiger partial charge in [-0.2, -0.15) is 0 Å². The van der Waals surface area contributed by atoms with Gasteiger partial charge in [-0.05, 0) is 62.6 Å². The molecule has 0 saturated carbocycles. The molecule has 4 rings (SSSR count). The number of aryl methyl sites for hydroxylation is 4. The van der Waals surface area contributed by atoms with Gasteiger partial charge >= 0.3 is 0 Å². The summed E-state index contributed by atoms with van der Waals surface area (Å²) in [5.74, 6) is 0.700. The van der Waals surface area contributed by atoms with Crippen LogP contribution in [0.3, 0.4) is 0 Å². The molecule has 0 fully saturated rings. The topological polar surface area (TPSA) is 0 Å². The molecule has 0 bridgehead atoms. The van der Waals surface area contributed by atoms with Crippen molar-refractivity contribution >= 4 is 6.08 Å². The number of hydrogen-bond donors (Lipinski definition) is 0. The summed E-state index contributed by atoms with van der Waals surface area (Å²) in [7, 11) is 0. The van der Waals surface area contributed by atoms with Crippen molar-refractivity contribution in [1.29, 1.82) is 0 Å². The second kappa shape index (κ2) is 12.1. The molecular formula is C29H36. The number of allylic oxidation sites excluding steroid dienone is 1. The predicted molar refractivity (Wildman–Crippen MR) is 130 cm³/mol. The molecule has 0 heteroatoms. The molecule has 0 spiro atoms. The molecular weight excluding hydrogens is 348 g/mol. The minimum atomic E-state index is 0.700. The lowest BCUT2D eigenvalue weighted by molar-refractivity contribution is 0.731. The molecule has 1 atom stereocenters. The first-order valence-corrected chi connectivity index (χ1v) is 10.8. The number of benzene rings is 3. The van der Waals surface area contributed by atoms with Gasteiger partial charge in [0.15, 0.2) is 0 Å². The maximum Gasteiger partial charge on any atom is -0.0193 e. The second-order valence-electron chi connectivity index (χ2n) is 8.02. The summed E-state index contributed by atoms with van der Waals surface area (Å²) >= 11 is 0. The summed E-state index contributed by atoms with van der Waals surface area (Å²) in [5, 5.41) is 0. The molecule has 0 heterocycles. The fourth-order valence-electron chi connectivity index (χ4n) is 3.17. The maximum absolute atomic E-state index is 2.40. The lowest BCUT2D eigenvalue weighted by Gasteiger charge is -2.15. The van der Waals surface area contributed by atoms with E-state index in [1.807, 2.05) is 18.2 Å². The second-order valence-corrected chi connectivity index (χ2v) is 8.02. The van der Waals surface area contributed by atoms with Crippen molar-refractivity contribution in [2.75, 3.05) is 0 Å². The van der Waals surface area contributed by atoms with Gasteiger partial charge in [0, 0.05) is 0 Å². The fraction of sp³-hybridized carbons (Fsp3) is 0.310. The van der Waals surface area contributed by atoms with Gasteiger partial charge in [-0.3, -0.25) is 0 Å². The van der Waals surface area contributed by atoms with E-state index in [4.69, 9.17) is 0 Å². The van der Waals surface area contributed by atoms with E-state index >= 15 is 0 Å². The predicted octanol–water partition coefficient (Wildman–Crippen LogP) is 8.46. The number of rotatable bonds is 2. The summed E-state index contributed by atoms with van der Waals surface area (Å²) in [4.78, 5) is 0. The van der Waals surface area contributed by atoms with Crippen LogP contribution in [0.5, 0.6) is 0 Å². The van der Waals surface area contributed by atoms with Crippen LogP contribution in [-0.2, 0) is 6.42 Å². The highest BCUT2D eigenvalue weighted by molar-refractivity contribution is 5.57. The van der Waals surface area contributed by atoms with E-state index < -0.39 is 0 Å². The third-order valence-electron chi connectivity index (χ3n) is 5.38. The van der Waals surface area contributed by atoms with Crippen molar-refractivity contribution < 1.29 is 0 Å². The van der Waals surface area contributed by atoms with Crippen molar-refractivity contribution in [3.05, 3.63) is 112 Å². The Morgan fingerprint density at radius 3 is 1.86 bits per heavy atom. The van der Waals surface area contributed by atoms with Gasteiger partial charge in [0.2, 0.25) is 0 Å². The van der Waals surface area contributed by atoms with Crippen LogP contribution in [0.2, 0.25) is 0 Å². The zero-order chi connectivity index (χ0) is 21.1. The summed E-state index contributed by atoms with van der Waals surface area (Å²) in [6, 6.07) is 25.7. The van der Waals surface area contributed by atoms with E-state index in [0.717, 1.165) is 0 Å². The Kier molecular flexibility index (Phi) is 9.44. The van der Waals surface area contributed by atoms with E-state index in [2.05, 4.69) is 101 Å². The van der Waals surface area contributed by atoms with Gasteiger partial charge in [0.25, 0.3) is 0 Å². The van der Waals surface area contributed by atoms with Gasteiger partial charge < -0.3 is 0 Å². The Morgan fingerprint density at radius 1 is 0.759 bits per heavy atom. The minimum absolute atomic E-state index is 0.700. The van der Waals surface area contributed by atoms with E-state index in [9.17, 15) is 0 Å². The highest BCUT2D eigenvalue weighted by atomic mass is 14.1. The summed E-state index contributed by atoms with van der Waals surface area (Å²) < 4.78 is 0. The van der Waals surface area contributed by atoms with E-state index in [1.165, 1.54) is 52.6 Å². The molecule has 3 aromatic rings. The normalized spacial score (nSPS) is 12.6. The summed E-state index contributed by atoms with van der Waals surface area (Å²) in [6.45, 7) is 10.8. The highest BCUT2D eigenvalue weighted by Crippen LogP contribution is 2.25. The van der Waals surface area contributed by atoms with Crippen LogP contribution in [0.1, 0.15) is 66.0 Å². The van der Waals surface area contributed by atoms with Crippen LogP contribution in [0.4, 0.5) is 0 Å². The average Bonchev–Trinajstić information content (AvgIpc) is 2.76. The average molecular weight is 385 g/mol. The third kappa shape index (κ3) is 8.11. The van der Waals surface area contributed by atoms with E-state index in [1.54, 1.807) is 0 Å². The Morgan fingerprint density at radius 2 is 1.34 bits per heavy atom. The number of fused-ring (bicyclic) bond motifs is 1. The van der Waals surface area contributed by atoms with Crippen molar-refractivity contribution in [2.24, 2.45) is 0 Å². The molecule has 1 aliphatic rings. The first-order chi connectivity index (χ1) is 14.0. The first-order valence-electron chi connectivity index (χ1n) is 10.8. The zero-order valence-electron chi connectivity index (χ0n) is 18.8. The molecule has 152 valence electrons. The van der Waals surface area contributed by atoms with Crippen LogP contribution < -0.4 is 0 Å². The SMILES string of the molecule is CCC(C)c1ccc2c(c1)CCC=C2.Cc1ccc(C)cc1.Cc1ccccc1. The first kappa shape index (κ1) is 22.7. The maximum atomic E-state index is 2.40. The minimum Gasteiger partial charge on any atom is -0.0836 e. The molecule has 1 aliphatic carbocycles. The number of hydrogen-bond acceptors (Lipinski definition) is 0. The molecule has 0 saturated heterocycles. The third-order valence-corrected chi connectivity index (χ3v) is 5.38. The van der Waals surface area contributed by atoms with Gasteiger partial charge in [-0.15, -0.1) is 0 Å². The largest absolute Gasteiger partial charge is 0.0836 e. The van der Waals surface area contributed by atoms with E-state index in [0.29, 0.717) is 5.92 Å². The lowest BCUT2D eigenvalue weighted by atomic mass is 9.90. The van der Waals surface area contributed by atoms with Gasteiger partial charge in [-0.1, -0.05) is 115 Å². The van der Waals surface area contributed by atoms with E-state index in [-0.39, 0.29) is 0 Å². The molecule has 1 unspecified atom stereocenters. The van der Waals surface area contributed by atoms with Crippen LogP contribution in [0.15, 0.2) is 78.9 Å². The van der Waals surface area contributed by atoms with Crippen molar-refractivity contribution in [2.45, 2.75) is 59.8 Å². The molecule has 0 amide bonds. The van der Waals surface area contributed by atoms with Crippen LogP contribution in [0, 0.1) is 20.8 Å². The Balaban J connectivity index is 0.000000170. The quantitative estimate of drug-likeness (QED) is 0.415. The fourth-order valence-corrected chi connectivity index (χ4v) is 3.17. The van der Waals surface area contributed by atoms with Gasteiger partial charge in [0.1, 0.15) is 0 Å². The standard InChI is InChI=1S/C14H18.C8H10.C7H8/c1-3-11(2)13-9-8-12-6-4-5-7-14(12)10-13;1-7-3-5-8(2)6-4-7;1-7-5-3-2-4-6-7/h4,6,8-11H,3,5,7H2,1-2H3;3-6H,1-2H3;2-6H,1H3.